The first-order valence-electron chi connectivity index (χ1n) is 11.7. The third kappa shape index (κ3) is 5.37. The van der Waals surface area contributed by atoms with E-state index in [0.29, 0.717) is 28.0 Å². The Morgan fingerprint density at radius 3 is 2.79 bits per heavy atom. The number of ether oxygens (including phenoxy) is 2. The number of rotatable bonds is 7. The molecule has 0 saturated heterocycles. The van der Waals surface area contributed by atoms with Gasteiger partial charge in [0.15, 0.2) is 11.9 Å². The zero-order chi connectivity index (χ0) is 26.8. The van der Waals surface area contributed by atoms with E-state index < -0.39 is 12.1 Å². The Kier molecular flexibility index (Phi) is 7.61. The highest BCUT2D eigenvalue weighted by Crippen LogP contribution is 2.29. The molecular weight excluding hydrogens is 665 g/mol. The molecule has 0 aliphatic heterocycles. The molecule has 3 aromatic carbocycles. The molecule has 0 unspecified atom stereocenters. The monoisotopic (exact) mass is 685 g/mol. The third-order valence-electron chi connectivity index (χ3n) is 5.65. The largest absolute Gasteiger partial charge is 0.478 e. The number of carbonyl (C=O) groups is 1. The average molecular weight is 686 g/mol. The van der Waals surface area contributed by atoms with Crippen LogP contribution in [0.1, 0.15) is 19.4 Å². The number of fused-ring (bicyclic) bond motifs is 2. The van der Waals surface area contributed by atoms with E-state index in [1.54, 1.807) is 50.4 Å². The highest BCUT2D eigenvalue weighted by molar-refractivity contribution is 14.1. The first-order valence-corrected chi connectivity index (χ1v) is 13.6. The molecule has 38 heavy (non-hydrogen) atoms. The molecule has 5 aromatic rings. The number of aromatic nitrogens is 2. The molecule has 2 heterocycles. The van der Waals surface area contributed by atoms with E-state index in [0.717, 1.165) is 19.0 Å². The SMILES string of the molecule is CCOC(=O)[C@@H](C)Oc1ccc(C=Nn2c(-c3cc4cc(Br)ccc4o3)nc3ccccc3c2=O)cc1I. The van der Waals surface area contributed by atoms with Crippen molar-refractivity contribution in [2.24, 2.45) is 5.10 Å². The van der Waals surface area contributed by atoms with E-state index in [1.165, 1.54) is 4.68 Å². The summed E-state index contributed by atoms with van der Waals surface area (Å²) in [5.41, 5.74) is 1.63. The normalized spacial score (nSPS) is 12.3. The summed E-state index contributed by atoms with van der Waals surface area (Å²) >= 11 is 5.60. The molecule has 192 valence electrons. The number of para-hydroxylation sites is 1. The summed E-state index contributed by atoms with van der Waals surface area (Å²) in [7, 11) is 0. The van der Waals surface area contributed by atoms with Crippen LogP contribution in [-0.2, 0) is 9.53 Å². The van der Waals surface area contributed by atoms with Crippen LogP contribution in [0.2, 0.25) is 0 Å². The van der Waals surface area contributed by atoms with E-state index in [1.807, 2.05) is 36.4 Å². The summed E-state index contributed by atoms with van der Waals surface area (Å²) in [6, 6.07) is 20.0. The zero-order valence-corrected chi connectivity index (χ0v) is 24.1. The van der Waals surface area contributed by atoms with Crippen molar-refractivity contribution in [1.29, 1.82) is 0 Å². The minimum absolute atomic E-state index is 0.287. The van der Waals surface area contributed by atoms with Crippen molar-refractivity contribution in [3.63, 3.8) is 0 Å². The van der Waals surface area contributed by atoms with Gasteiger partial charge in [0.1, 0.15) is 11.3 Å². The Hall–Kier alpha value is -3.51. The molecule has 0 saturated carbocycles. The quantitative estimate of drug-likeness (QED) is 0.112. The lowest BCUT2D eigenvalue weighted by Gasteiger charge is -2.14. The van der Waals surface area contributed by atoms with Gasteiger partial charge in [0.2, 0.25) is 5.82 Å². The Balaban J connectivity index is 1.53. The molecular formula is C28H21BrIN3O5. The molecule has 0 bridgehead atoms. The first kappa shape index (κ1) is 26.1. The molecule has 5 rings (SSSR count). The summed E-state index contributed by atoms with van der Waals surface area (Å²) < 4.78 is 19.7. The zero-order valence-electron chi connectivity index (χ0n) is 20.4. The minimum atomic E-state index is -0.739. The third-order valence-corrected chi connectivity index (χ3v) is 6.99. The van der Waals surface area contributed by atoms with Crippen LogP contribution in [0.5, 0.6) is 5.75 Å². The highest BCUT2D eigenvalue weighted by atomic mass is 127. The molecule has 0 aliphatic rings. The standard InChI is InChI=1S/C28H21BrIN3O5/c1-3-36-28(35)16(2)37-24-10-8-17(12-21(24)30)15-31-33-26(32-22-7-5-4-6-20(22)27(33)34)25-14-18-13-19(29)9-11-23(18)38-25/h4-16H,3H2,1-2H3/t16-/m1/s1. The topological polar surface area (TPSA) is 95.9 Å². The van der Waals surface area contributed by atoms with Gasteiger partial charge in [0, 0.05) is 9.86 Å². The number of halogens is 2. The van der Waals surface area contributed by atoms with Crippen LogP contribution in [0.15, 0.2) is 85.5 Å². The Morgan fingerprint density at radius 2 is 2.00 bits per heavy atom. The predicted octanol–water partition coefficient (Wildman–Crippen LogP) is 6.39. The van der Waals surface area contributed by atoms with Crippen molar-refractivity contribution in [2.75, 3.05) is 6.61 Å². The summed E-state index contributed by atoms with van der Waals surface area (Å²) in [6.07, 6.45) is 0.832. The van der Waals surface area contributed by atoms with Crippen molar-refractivity contribution in [1.82, 2.24) is 9.66 Å². The second kappa shape index (κ2) is 11.1. The lowest BCUT2D eigenvalue weighted by molar-refractivity contribution is -0.150. The van der Waals surface area contributed by atoms with Crippen LogP contribution in [0, 0.1) is 3.57 Å². The van der Waals surface area contributed by atoms with Gasteiger partial charge in [-0.05, 0) is 96.6 Å². The molecule has 0 amide bonds. The smallest absolute Gasteiger partial charge is 0.347 e. The number of hydrogen-bond acceptors (Lipinski definition) is 7. The summed E-state index contributed by atoms with van der Waals surface area (Å²) in [5.74, 6) is 0.823. The molecule has 10 heteroatoms. The lowest BCUT2D eigenvalue weighted by atomic mass is 10.2. The van der Waals surface area contributed by atoms with Gasteiger partial charge in [-0.2, -0.15) is 9.78 Å². The van der Waals surface area contributed by atoms with E-state index in [4.69, 9.17) is 18.9 Å². The Labute approximate surface area is 239 Å². The Bertz CT molecular complexity index is 1760. The van der Waals surface area contributed by atoms with E-state index in [-0.39, 0.29) is 18.0 Å². The number of hydrogen-bond donors (Lipinski definition) is 0. The maximum atomic E-state index is 13.5. The van der Waals surface area contributed by atoms with Gasteiger partial charge in [0.05, 0.1) is 27.3 Å². The van der Waals surface area contributed by atoms with Gasteiger partial charge in [0.25, 0.3) is 5.56 Å². The van der Waals surface area contributed by atoms with Crippen LogP contribution in [0.25, 0.3) is 33.5 Å². The molecule has 0 N–H and O–H groups in total. The average Bonchev–Trinajstić information content (AvgIpc) is 3.32. The van der Waals surface area contributed by atoms with Crippen molar-refractivity contribution in [3.8, 4) is 17.3 Å². The first-order chi connectivity index (χ1) is 18.3. The molecule has 0 aliphatic carbocycles. The van der Waals surface area contributed by atoms with Gasteiger partial charge in [-0.25, -0.2) is 9.78 Å². The summed E-state index contributed by atoms with van der Waals surface area (Å²) in [5, 5.41) is 5.82. The lowest BCUT2D eigenvalue weighted by Crippen LogP contribution is -2.26. The molecule has 2 aromatic heterocycles. The molecule has 1 atom stereocenters. The van der Waals surface area contributed by atoms with E-state index in [2.05, 4.69) is 43.6 Å². The second-order valence-electron chi connectivity index (χ2n) is 8.31. The van der Waals surface area contributed by atoms with Crippen LogP contribution in [0.3, 0.4) is 0 Å². The van der Waals surface area contributed by atoms with Crippen molar-refractivity contribution in [2.45, 2.75) is 20.0 Å². The van der Waals surface area contributed by atoms with Gasteiger partial charge < -0.3 is 13.9 Å². The van der Waals surface area contributed by atoms with Crippen LogP contribution >= 0.6 is 38.5 Å². The van der Waals surface area contributed by atoms with Crippen molar-refractivity contribution < 1.29 is 18.7 Å². The van der Waals surface area contributed by atoms with Gasteiger partial charge in [-0.1, -0.05) is 28.1 Å². The fourth-order valence-corrected chi connectivity index (χ4v) is 4.88. The van der Waals surface area contributed by atoms with Crippen LogP contribution in [-0.4, -0.2) is 34.6 Å². The number of benzene rings is 3. The van der Waals surface area contributed by atoms with E-state index in [9.17, 15) is 9.59 Å². The molecule has 0 radical (unpaired) electrons. The number of furan rings is 1. The van der Waals surface area contributed by atoms with Crippen molar-refractivity contribution in [3.05, 3.63) is 90.7 Å². The van der Waals surface area contributed by atoms with Crippen molar-refractivity contribution >= 4 is 72.6 Å². The number of esters is 1. The van der Waals surface area contributed by atoms with Gasteiger partial charge >= 0.3 is 5.97 Å². The predicted molar refractivity (Wildman–Crippen MR) is 158 cm³/mol. The maximum absolute atomic E-state index is 13.5. The fourth-order valence-electron chi connectivity index (χ4n) is 3.83. The maximum Gasteiger partial charge on any atom is 0.347 e. The Morgan fingerprint density at radius 1 is 1.18 bits per heavy atom. The minimum Gasteiger partial charge on any atom is -0.478 e. The fraction of sp³-hybridized carbons (Fsp3) is 0.143. The molecule has 0 fully saturated rings. The van der Waals surface area contributed by atoms with Gasteiger partial charge in [-0.3, -0.25) is 4.79 Å². The number of carbonyl (C=O) groups excluding carboxylic acids is 1. The molecule has 0 spiro atoms. The van der Waals surface area contributed by atoms with Crippen LogP contribution in [0.4, 0.5) is 0 Å². The summed E-state index contributed by atoms with van der Waals surface area (Å²) in [6.45, 7) is 3.67. The van der Waals surface area contributed by atoms with Gasteiger partial charge in [-0.15, -0.1) is 0 Å². The van der Waals surface area contributed by atoms with Crippen LogP contribution < -0.4 is 10.3 Å². The second-order valence-corrected chi connectivity index (χ2v) is 10.4. The van der Waals surface area contributed by atoms with E-state index >= 15 is 0 Å². The summed E-state index contributed by atoms with van der Waals surface area (Å²) in [4.78, 5) is 30.1. The number of nitrogens with zero attached hydrogens (tertiary/aromatic N) is 3. The highest BCUT2D eigenvalue weighted by Gasteiger charge is 2.18. The molecule has 8 nitrogen and oxygen atoms in total.